The van der Waals surface area contributed by atoms with E-state index in [0.717, 1.165) is 18.2 Å². The molecule has 2 rings (SSSR count). The largest absolute Gasteiger partial charge is 0.349 e. The van der Waals surface area contributed by atoms with Crippen LogP contribution in [0.1, 0.15) is 43.2 Å². The molecule has 3 nitrogen and oxygen atoms in total. The molecule has 1 aromatic rings. The van der Waals surface area contributed by atoms with Crippen LogP contribution in [0.15, 0.2) is 0 Å². The fraction of sp³-hybridized carbons (Fsp3) is 0.667. The van der Waals surface area contributed by atoms with Gasteiger partial charge in [0.1, 0.15) is 0 Å². The van der Waals surface area contributed by atoms with E-state index in [-0.39, 0.29) is 0 Å². The van der Waals surface area contributed by atoms with Crippen molar-refractivity contribution in [1.82, 2.24) is 4.98 Å². The Morgan fingerprint density at radius 3 is 2.62 bits per heavy atom. The number of aromatic nitrogens is 1. The minimum atomic E-state index is 0.519. The quantitative estimate of drug-likeness (QED) is 0.787. The molecule has 86 valence electrons. The van der Waals surface area contributed by atoms with E-state index in [4.69, 9.17) is 10.2 Å². The monoisotopic (exact) mass is 235 g/mol. The summed E-state index contributed by atoms with van der Waals surface area (Å²) in [5.74, 6) is 0.643. The number of hydrogen-bond acceptors (Lipinski definition) is 4. The summed E-state index contributed by atoms with van der Waals surface area (Å²) in [6.07, 6.45) is 3.02. The molecule has 0 aliphatic heterocycles. The Hall–Kier alpha value is -1.08. The highest BCUT2D eigenvalue weighted by Gasteiger charge is 2.30. The number of nitrogens with zero attached hydrogens (tertiary/aromatic N) is 3. The molecule has 1 aliphatic rings. The Bertz CT molecular complexity index is 397. The Balaban J connectivity index is 2.26. The van der Waals surface area contributed by atoms with Gasteiger partial charge in [0.05, 0.1) is 18.2 Å². The second kappa shape index (κ2) is 4.84. The van der Waals surface area contributed by atoms with Crippen molar-refractivity contribution in [3.63, 3.8) is 0 Å². The maximum Gasteiger partial charge on any atom is 0.185 e. The maximum atomic E-state index is 8.82. The lowest BCUT2D eigenvalue weighted by atomic mass is 10.2. The third kappa shape index (κ3) is 2.19. The molecule has 0 spiro atoms. The van der Waals surface area contributed by atoms with Gasteiger partial charge in [-0.3, -0.25) is 0 Å². The predicted octanol–water partition coefficient (Wildman–Crippen LogP) is 2.93. The number of nitriles is 1. The summed E-state index contributed by atoms with van der Waals surface area (Å²) in [6.45, 7) is 6.26. The van der Waals surface area contributed by atoms with Crippen LogP contribution in [0.2, 0.25) is 0 Å². The Morgan fingerprint density at radius 2 is 2.12 bits per heavy atom. The van der Waals surface area contributed by atoms with Crippen LogP contribution in [-0.2, 0) is 6.42 Å². The van der Waals surface area contributed by atoms with Crippen LogP contribution in [0.5, 0.6) is 0 Å². The van der Waals surface area contributed by atoms with Crippen LogP contribution >= 0.6 is 11.3 Å². The van der Waals surface area contributed by atoms with Gasteiger partial charge in [-0.2, -0.15) is 5.26 Å². The highest BCUT2D eigenvalue weighted by atomic mass is 32.1. The first-order valence-corrected chi connectivity index (χ1v) is 6.73. The fourth-order valence-corrected chi connectivity index (χ4v) is 3.06. The summed E-state index contributed by atoms with van der Waals surface area (Å²) < 4.78 is 0. The second-order valence-electron chi connectivity index (χ2n) is 4.09. The lowest BCUT2D eigenvalue weighted by Gasteiger charge is -2.16. The molecule has 1 aromatic heterocycles. The van der Waals surface area contributed by atoms with Gasteiger partial charge >= 0.3 is 0 Å². The summed E-state index contributed by atoms with van der Waals surface area (Å²) in [6, 6.07) is 2.25. The molecule has 0 unspecified atom stereocenters. The molecule has 0 aromatic carbocycles. The van der Waals surface area contributed by atoms with Crippen molar-refractivity contribution in [3.05, 3.63) is 10.6 Å². The smallest absolute Gasteiger partial charge is 0.185 e. The molecule has 0 atom stereocenters. The molecule has 0 radical (unpaired) electrons. The van der Waals surface area contributed by atoms with Gasteiger partial charge in [-0.05, 0) is 26.7 Å². The molecular weight excluding hydrogens is 218 g/mol. The molecule has 4 heteroatoms. The third-order valence-electron chi connectivity index (χ3n) is 2.95. The normalized spacial score (nSPS) is 14.8. The highest BCUT2D eigenvalue weighted by Crippen LogP contribution is 2.44. The van der Waals surface area contributed by atoms with Crippen molar-refractivity contribution < 1.29 is 0 Å². The van der Waals surface area contributed by atoms with Gasteiger partial charge in [-0.25, -0.2) is 4.98 Å². The van der Waals surface area contributed by atoms with Gasteiger partial charge in [-0.1, -0.05) is 0 Å². The molecule has 1 saturated carbocycles. The van der Waals surface area contributed by atoms with Crippen LogP contribution in [-0.4, -0.2) is 18.1 Å². The van der Waals surface area contributed by atoms with E-state index in [2.05, 4.69) is 24.8 Å². The van der Waals surface area contributed by atoms with E-state index < -0.39 is 0 Å². The minimum Gasteiger partial charge on any atom is -0.349 e. The molecule has 16 heavy (non-hydrogen) atoms. The van der Waals surface area contributed by atoms with E-state index in [1.165, 1.54) is 23.4 Å². The molecule has 0 saturated heterocycles. The third-order valence-corrected chi connectivity index (χ3v) is 4.09. The number of thiazole rings is 1. The first-order chi connectivity index (χ1) is 7.80. The van der Waals surface area contributed by atoms with E-state index >= 15 is 0 Å². The first-order valence-electron chi connectivity index (χ1n) is 5.91. The van der Waals surface area contributed by atoms with Gasteiger partial charge in [0.25, 0.3) is 0 Å². The molecule has 1 aliphatic carbocycles. The SMILES string of the molecule is CCN(CC)c1nc(C2CC2)c(CC#N)s1. The van der Waals surface area contributed by atoms with Crippen molar-refractivity contribution >= 4 is 16.5 Å². The molecule has 0 N–H and O–H groups in total. The molecular formula is C12H17N3S. The molecule has 1 fully saturated rings. The lowest BCUT2D eigenvalue weighted by Crippen LogP contribution is -2.21. The highest BCUT2D eigenvalue weighted by molar-refractivity contribution is 7.15. The van der Waals surface area contributed by atoms with Crippen molar-refractivity contribution in [2.45, 2.75) is 39.0 Å². The summed E-state index contributed by atoms with van der Waals surface area (Å²) in [5.41, 5.74) is 1.20. The fourth-order valence-electron chi connectivity index (χ4n) is 1.85. The van der Waals surface area contributed by atoms with E-state index in [9.17, 15) is 0 Å². The zero-order valence-corrected chi connectivity index (χ0v) is 10.7. The summed E-state index contributed by atoms with van der Waals surface area (Å²) >= 11 is 1.70. The average Bonchev–Trinajstić information content (AvgIpc) is 3.05. The Morgan fingerprint density at radius 1 is 1.44 bits per heavy atom. The van der Waals surface area contributed by atoms with Crippen LogP contribution in [0.25, 0.3) is 0 Å². The number of rotatable bonds is 5. The Labute approximate surface area is 101 Å². The minimum absolute atomic E-state index is 0.519. The van der Waals surface area contributed by atoms with Crippen LogP contribution in [0.4, 0.5) is 5.13 Å². The van der Waals surface area contributed by atoms with Gasteiger partial charge in [-0.15, -0.1) is 11.3 Å². The summed E-state index contributed by atoms with van der Waals surface area (Å²) in [7, 11) is 0. The lowest BCUT2D eigenvalue weighted by molar-refractivity contribution is 0.852. The average molecular weight is 235 g/mol. The van der Waals surface area contributed by atoms with Crippen molar-refractivity contribution in [3.8, 4) is 6.07 Å². The van der Waals surface area contributed by atoms with Gasteiger partial charge in [0.15, 0.2) is 5.13 Å². The van der Waals surface area contributed by atoms with E-state index in [1.54, 1.807) is 11.3 Å². The zero-order chi connectivity index (χ0) is 11.5. The van der Waals surface area contributed by atoms with Crippen molar-refractivity contribution in [2.75, 3.05) is 18.0 Å². The van der Waals surface area contributed by atoms with Gasteiger partial charge in [0, 0.05) is 23.9 Å². The molecule has 1 heterocycles. The van der Waals surface area contributed by atoms with Crippen LogP contribution in [0.3, 0.4) is 0 Å². The second-order valence-corrected chi connectivity index (χ2v) is 5.15. The van der Waals surface area contributed by atoms with Crippen molar-refractivity contribution in [2.24, 2.45) is 0 Å². The van der Waals surface area contributed by atoms with Gasteiger partial charge < -0.3 is 4.90 Å². The zero-order valence-electron chi connectivity index (χ0n) is 9.86. The first kappa shape index (κ1) is 11.4. The summed E-state index contributed by atoms with van der Waals surface area (Å²) in [5, 5.41) is 9.92. The van der Waals surface area contributed by atoms with Crippen LogP contribution in [0, 0.1) is 11.3 Å². The van der Waals surface area contributed by atoms with Crippen molar-refractivity contribution in [1.29, 1.82) is 5.26 Å². The predicted molar refractivity (Wildman–Crippen MR) is 67.0 cm³/mol. The van der Waals surface area contributed by atoms with E-state index in [0.29, 0.717) is 12.3 Å². The Kier molecular flexibility index (Phi) is 3.45. The summed E-state index contributed by atoms with van der Waals surface area (Å²) in [4.78, 5) is 8.17. The molecule has 0 bridgehead atoms. The molecule has 0 amide bonds. The maximum absolute atomic E-state index is 8.82. The van der Waals surface area contributed by atoms with Crippen LogP contribution < -0.4 is 4.90 Å². The van der Waals surface area contributed by atoms with E-state index in [1.807, 2.05) is 0 Å². The number of hydrogen-bond donors (Lipinski definition) is 0. The standard InChI is InChI=1S/C12H17N3S/c1-3-15(4-2)12-14-11(9-5-6-9)10(16-12)7-8-13/h9H,3-7H2,1-2H3. The number of anilines is 1. The van der Waals surface area contributed by atoms with Gasteiger partial charge in [0.2, 0.25) is 0 Å². The topological polar surface area (TPSA) is 39.9 Å².